The Labute approximate surface area is 194 Å². The van der Waals surface area contributed by atoms with Crippen LogP contribution in [0.1, 0.15) is 52.4 Å². The van der Waals surface area contributed by atoms with Crippen molar-refractivity contribution in [2.45, 2.75) is 70.5 Å². The Morgan fingerprint density at radius 3 is 2.12 bits per heavy atom. The van der Waals surface area contributed by atoms with E-state index in [-0.39, 0.29) is 37.8 Å². The number of carboxylic acid groups (broad SMARTS) is 1. The Kier molecular flexibility index (Phi) is 15.2. The summed E-state index contributed by atoms with van der Waals surface area (Å²) in [5.74, 6) is -2.80. The maximum atomic E-state index is 12.7. The van der Waals surface area contributed by atoms with Gasteiger partial charge in [0.1, 0.15) is 12.1 Å². The van der Waals surface area contributed by atoms with Gasteiger partial charge >= 0.3 is 5.97 Å². The average molecular weight is 473 g/mol. The fourth-order valence-corrected chi connectivity index (χ4v) is 2.95. The number of carbonyl (C=O) groups excluding carboxylic acids is 3. The van der Waals surface area contributed by atoms with E-state index in [9.17, 15) is 24.3 Å². The second-order valence-electron chi connectivity index (χ2n) is 8.21. The lowest BCUT2D eigenvalue weighted by Crippen LogP contribution is -2.53. The summed E-state index contributed by atoms with van der Waals surface area (Å²) in [7, 11) is 0. The van der Waals surface area contributed by atoms with Gasteiger partial charge in [-0.25, -0.2) is 4.79 Å². The van der Waals surface area contributed by atoms with E-state index < -0.39 is 41.8 Å². The molecule has 0 aromatic heterocycles. The van der Waals surface area contributed by atoms with Gasteiger partial charge in [0.25, 0.3) is 0 Å². The van der Waals surface area contributed by atoms with E-state index in [2.05, 4.69) is 20.9 Å². The van der Waals surface area contributed by atoms with Crippen LogP contribution < -0.4 is 38.9 Å². The Morgan fingerprint density at radius 1 is 0.939 bits per heavy atom. The number of carboxylic acids is 1. The largest absolute Gasteiger partial charge is 0.480 e. The predicted octanol–water partition coefficient (Wildman–Crippen LogP) is -2.29. The molecule has 0 rings (SSSR count). The van der Waals surface area contributed by atoms with E-state index in [1.54, 1.807) is 0 Å². The Hall–Kier alpha value is -2.93. The van der Waals surface area contributed by atoms with Crippen molar-refractivity contribution in [1.29, 1.82) is 0 Å². The maximum absolute atomic E-state index is 12.7. The van der Waals surface area contributed by atoms with Crippen LogP contribution in [-0.4, -0.2) is 72.5 Å². The Balaban J connectivity index is 4.93. The summed E-state index contributed by atoms with van der Waals surface area (Å²) in [5, 5.41) is 16.8. The van der Waals surface area contributed by atoms with Gasteiger partial charge in [-0.15, -0.1) is 0 Å². The summed E-state index contributed by atoms with van der Waals surface area (Å²) in [4.78, 5) is 52.3. The molecule has 0 fully saturated rings. The van der Waals surface area contributed by atoms with Crippen LogP contribution in [0.25, 0.3) is 0 Å². The minimum absolute atomic E-state index is 0.102. The van der Waals surface area contributed by atoms with Crippen LogP contribution in [0.15, 0.2) is 4.99 Å². The summed E-state index contributed by atoms with van der Waals surface area (Å²) in [6.07, 6.45) is 2.34. The van der Waals surface area contributed by atoms with Gasteiger partial charge in [-0.2, -0.15) is 0 Å². The third-order valence-corrected chi connectivity index (χ3v) is 4.64. The van der Waals surface area contributed by atoms with Crippen molar-refractivity contribution in [3.05, 3.63) is 0 Å². The number of aliphatic carboxylic acids is 1. The van der Waals surface area contributed by atoms with Crippen molar-refractivity contribution in [2.24, 2.45) is 33.8 Å². The van der Waals surface area contributed by atoms with Crippen LogP contribution in [0, 0.1) is 5.92 Å². The lowest BCUT2D eigenvalue weighted by atomic mass is 10.0. The van der Waals surface area contributed by atoms with Crippen LogP contribution in [-0.2, 0) is 19.2 Å². The molecule has 12 N–H and O–H groups in total. The first-order chi connectivity index (χ1) is 15.5. The molecule has 0 aromatic carbocycles. The lowest BCUT2D eigenvalue weighted by molar-refractivity contribution is -0.142. The quantitative estimate of drug-likeness (QED) is 0.0644. The first-order valence-electron chi connectivity index (χ1n) is 11.1. The molecular formula is C20H40N8O5. The number of nitrogens with zero attached hydrogens (tertiary/aromatic N) is 1. The van der Waals surface area contributed by atoms with Gasteiger partial charge in [0.15, 0.2) is 5.96 Å². The normalized spacial score (nSPS) is 13.5. The minimum Gasteiger partial charge on any atom is -0.480 e. The minimum atomic E-state index is -1.22. The number of guanidine groups is 1. The predicted molar refractivity (Wildman–Crippen MR) is 125 cm³/mol. The van der Waals surface area contributed by atoms with Crippen molar-refractivity contribution in [2.75, 3.05) is 19.6 Å². The van der Waals surface area contributed by atoms with Gasteiger partial charge in [-0.3, -0.25) is 19.4 Å². The molecule has 0 aliphatic rings. The average Bonchev–Trinajstić information content (AvgIpc) is 2.72. The Bertz CT molecular complexity index is 667. The summed E-state index contributed by atoms with van der Waals surface area (Å²) < 4.78 is 0. The standard InChI is InChI=1S/C20H40N8O5/c1-12(2)10-13(22)17(30)26-11-16(29)27-14(6-3-4-8-21)18(31)28-15(19(32)33)7-5-9-25-20(23)24/h12-15H,3-11,21-22H2,1-2H3,(H,26,30)(H,27,29)(H,28,31)(H,32,33)(H4,23,24,25)/t13-,14-,15-/m0/s1. The van der Waals surface area contributed by atoms with Crippen molar-refractivity contribution < 1.29 is 24.3 Å². The van der Waals surface area contributed by atoms with Crippen LogP contribution in [0.2, 0.25) is 0 Å². The molecule has 3 atom stereocenters. The van der Waals surface area contributed by atoms with E-state index in [0.717, 1.165) is 0 Å². The molecule has 0 heterocycles. The first-order valence-corrected chi connectivity index (χ1v) is 11.1. The number of nitrogens with one attached hydrogen (secondary N) is 3. The summed E-state index contributed by atoms with van der Waals surface area (Å²) in [6, 6.07) is -2.89. The lowest BCUT2D eigenvalue weighted by Gasteiger charge is -2.22. The molecule has 0 bridgehead atoms. The van der Waals surface area contributed by atoms with E-state index in [1.807, 2.05) is 13.8 Å². The second-order valence-corrected chi connectivity index (χ2v) is 8.21. The number of hydrogen-bond acceptors (Lipinski definition) is 7. The zero-order valence-corrected chi connectivity index (χ0v) is 19.5. The number of hydrogen-bond donors (Lipinski definition) is 8. The number of aliphatic imine (C=N–C) groups is 1. The topological polar surface area (TPSA) is 241 Å². The third kappa shape index (κ3) is 14.7. The highest BCUT2D eigenvalue weighted by atomic mass is 16.4. The van der Waals surface area contributed by atoms with Gasteiger partial charge in [-0.1, -0.05) is 13.8 Å². The van der Waals surface area contributed by atoms with Crippen molar-refractivity contribution in [3.63, 3.8) is 0 Å². The van der Waals surface area contributed by atoms with Gasteiger partial charge < -0.3 is 44.0 Å². The van der Waals surface area contributed by atoms with Crippen LogP contribution in [0.4, 0.5) is 0 Å². The highest BCUT2D eigenvalue weighted by Crippen LogP contribution is 2.05. The number of rotatable bonds is 17. The fraction of sp³-hybridized carbons (Fsp3) is 0.750. The van der Waals surface area contributed by atoms with Crippen molar-refractivity contribution >= 4 is 29.7 Å². The smallest absolute Gasteiger partial charge is 0.326 e. The maximum Gasteiger partial charge on any atom is 0.326 e. The van der Waals surface area contributed by atoms with Gasteiger partial charge in [0.2, 0.25) is 17.7 Å². The van der Waals surface area contributed by atoms with Crippen molar-refractivity contribution in [1.82, 2.24) is 16.0 Å². The molecule has 0 radical (unpaired) electrons. The van der Waals surface area contributed by atoms with E-state index in [0.29, 0.717) is 32.2 Å². The molecule has 0 saturated carbocycles. The molecule has 0 aromatic rings. The molecule has 33 heavy (non-hydrogen) atoms. The van der Waals surface area contributed by atoms with Crippen LogP contribution >= 0.6 is 0 Å². The zero-order chi connectivity index (χ0) is 25.4. The van der Waals surface area contributed by atoms with Crippen LogP contribution in [0.5, 0.6) is 0 Å². The number of unbranched alkanes of at least 4 members (excludes halogenated alkanes) is 1. The molecule has 13 heteroatoms. The first kappa shape index (κ1) is 30.1. The number of amides is 3. The Morgan fingerprint density at radius 2 is 1.58 bits per heavy atom. The zero-order valence-electron chi connectivity index (χ0n) is 19.5. The highest BCUT2D eigenvalue weighted by molar-refractivity contribution is 5.92. The molecule has 0 saturated heterocycles. The number of nitrogens with two attached hydrogens (primary N) is 4. The molecule has 190 valence electrons. The highest BCUT2D eigenvalue weighted by Gasteiger charge is 2.26. The van der Waals surface area contributed by atoms with Gasteiger partial charge in [-0.05, 0) is 51.0 Å². The van der Waals surface area contributed by atoms with E-state index in [4.69, 9.17) is 22.9 Å². The summed E-state index contributed by atoms with van der Waals surface area (Å²) >= 11 is 0. The van der Waals surface area contributed by atoms with E-state index in [1.165, 1.54) is 0 Å². The monoisotopic (exact) mass is 472 g/mol. The molecule has 3 amide bonds. The molecule has 0 spiro atoms. The SMILES string of the molecule is CC(C)C[C@H](N)C(=O)NCC(=O)N[C@@H](CCCCN)C(=O)N[C@@H](CCCN=C(N)N)C(=O)O. The third-order valence-electron chi connectivity index (χ3n) is 4.64. The molecule has 0 aliphatic heterocycles. The van der Waals surface area contributed by atoms with Gasteiger partial charge in [0, 0.05) is 6.54 Å². The molecule has 0 aliphatic carbocycles. The van der Waals surface area contributed by atoms with Gasteiger partial charge in [0.05, 0.1) is 12.6 Å². The van der Waals surface area contributed by atoms with Crippen molar-refractivity contribution in [3.8, 4) is 0 Å². The fourth-order valence-electron chi connectivity index (χ4n) is 2.95. The molecule has 0 unspecified atom stereocenters. The molecule has 13 nitrogen and oxygen atoms in total. The van der Waals surface area contributed by atoms with E-state index >= 15 is 0 Å². The number of carbonyl (C=O) groups is 4. The summed E-state index contributed by atoms with van der Waals surface area (Å²) in [6.45, 7) is 4.13. The second kappa shape index (κ2) is 16.7. The molecular weight excluding hydrogens is 432 g/mol. The van der Waals surface area contributed by atoms with Crippen LogP contribution in [0.3, 0.4) is 0 Å². The summed E-state index contributed by atoms with van der Waals surface area (Å²) in [5.41, 5.74) is 21.7.